The number of hydrogen-bond acceptors (Lipinski definition) is 2. The topological polar surface area (TPSA) is 41.6 Å². The first-order chi connectivity index (χ1) is 7.84. The fraction of sp³-hybridized carbons (Fsp3) is 0.385. The zero-order valence-corrected chi connectivity index (χ0v) is 9.40. The van der Waals surface area contributed by atoms with E-state index >= 15 is 0 Å². The van der Waals surface area contributed by atoms with Crippen LogP contribution in [0.4, 0.5) is 0 Å². The molecule has 2 heterocycles. The van der Waals surface area contributed by atoms with Gasteiger partial charge < -0.3 is 4.98 Å². The van der Waals surface area contributed by atoms with Crippen molar-refractivity contribution in [2.45, 2.75) is 26.2 Å². The molecule has 0 unspecified atom stereocenters. The summed E-state index contributed by atoms with van der Waals surface area (Å²) >= 11 is 0. The molecule has 0 fully saturated rings. The van der Waals surface area contributed by atoms with Crippen molar-refractivity contribution >= 4 is 16.6 Å². The van der Waals surface area contributed by atoms with Gasteiger partial charge in [-0.2, -0.15) is 0 Å². The minimum Gasteiger partial charge on any atom is -0.345 e. The highest BCUT2D eigenvalue weighted by Crippen LogP contribution is 2.32. The minimum absolute atomic E-state index is 0.693. The van der Waals surface area contributed by atoms with E-state index in [1.54, 1.807) is 6.33 Å². The van der Waals surface area contributed by atoms with Crippen molar-refractivity contribution in [1.82, 2.24) is 15.0 Å². The third-order valence-corrected chi connectivity index (χ3v) is 3.29. The maximum absolute atomic E-state index is 4.22. The normalized spacial score (nSPS) is 21.1. The average molecular weight is 213 g/mol. The van der Waals surface area contributed by atoms with Gasteiger partial charge in [0.15, 0.2) is 0 Å². The summed E-state index contributed by atoms with van der Waals surface area (Å²) in [5, 5.41) is 1.14. The van der Waals surface area contributed by atoms with E-state index in [9.17, 15) is 0 Å². The van der Waals surface area contributed by atoms with Crippen LogP contribution in [0.2, 0.25) is 0 Å². The van der Waals surface area contributed by atoms with Gasteiger partial charge in [0.2, 0.25) is 0 Å². The summed E-state index contributed by atoms with van der Waals surface area (Å²) in [7, 11) is 0. The Morgan fingerprint density at radius 1 is 1.44 bits per heavy atom. The molecule has 0 saturated carbocycles. The Hall–Kier alpha value is -1.64. The first kappa shape index (κ1) is 9.58. The number of hydrogen-bond donors (Lipinski definition) is 1. The van der Waals surface area contributed by atoms with Crippen LogP contribution < -0.4 is 0 Å². The highest BCUT2D eigenvalue weighted by molar-refractivity contribution is 5.90. The number of rotatable bonds is 1. The van der Waals surface area contributed by atoms with Crippen LogP contribution in [-0.2, 0) is 0 Å². The predicted octanol–water partition coefficient (Wildman–Crippen LogP) is 3.16. The van der Waals surface area contributed by atoms with Crippen LogP contribution in [0.3, 0.4) is 0 Å². The van der Waals surface area contributed by atoms with Gasteiger partial charge in [-0.1, -0.05) is 13.0 Å². The van der Waals surface area contributed by atoms with Crippen LogP contribution in [0, 0.1) is 5.92 Å². The first-order valence-corrected chi connectivity index (χ1v) is 5.83. The minimum atomic E-state index is 0.693. The van der Waals surface area contributed by atoms with Gasteiger partial charge in [0, 0.05) is 23.3 Å². The summed E-state index contributed by atoms with van der Waals surface area (Å²) in [4.78, 5) is 11.5. The van der Waals surface area contributed by atoms with Gasteiger partial charge in [-0.3, -0.25) is 0 Å². The van der Waals surface area contributed by atoms with Crippen molar-refractivity contribution in [3.05, 3.63) is 30.4 Å². The Bertz CT molecular complexity index is 539. The second-order valence-corrected chi connectivity index (χ2v) is 4.55. The fourth-order valence-corrected chi connectivity index (χ4v) is 2.47. The summed E-state index contributed by atoms with van der Waals surface area (Å²) in [6.07, 6.45) is 11.7. The van der Waals surface area contributed by atoms with E-state index in [4.69, 9.17) is 0 Å². The molecule has 2 aromatic rings. The molecule has 1 atom stereocenters. The van der Waals surface area contributed by atoms with Crippen molar-refractivity contribution in [3.63, 3.8) is 0 Å². The van der Waals surface area contributed by atoms with E-state index in [1.165, 1.54) is 30.4 Å². The molecule has 3 nitrogen and oxygen atoms in total. The highest BCUT2D eigenvalue weighted by Gasteiger charge is 2.14. The lowest BCUT2D eigenvalue weighted by Crippen LogP contribution is -1.99. The molecule has 82 valence electrons. The maximum Gasteiger partial charge on any atom is 0.141 e. The lowest BCUT2D eigenvalue weighted by Gasteiger charge is -2.17. The van der Waals surface area contributed by atoms with Gasteiger partial charge in [-0.05, 0) is 30.8 Å². The SMILES string of the molecule is C[C@H]1C=C(c2c[nH]c3ncncc23)CCC1. The number of H-pyrrole nitrogens is 1. The van der Waals surface area contributed by atoms with Crippen molar-refractivity contribution < 1.29 is 0 Å². The molecule has 3 rings (SSSR count). The van der Waals surface area contributed by atoms with E-state index in [-0.39, 0.29) is 0 Å². The Kier molecular flexibility index (Phi) is 2.24. The second kappa shape index (κ2) is 3.74. The number of aromatic amines is 1. The standard InChI is InChI=1S/C13H15N3/c1-9-3-2-4-10(5-9)11-7-15-13-12(11)6-14-8-16-13/h5-9H,2-4H2,1H3,(H,14,15,16)/t9-/m1/s1. The number of nitrogens with one attached hydrogen (secondary N) is 1. The van der Waals surface area contributed by atoms with Crippen molar-refractivity contribution in [1.29, 1.82) is 0 Å². The van der Waals surface area contributed by atoms with E-state index < -0.39 is 0 Å². The van der Waals surface area contributed by atoms with Crippen molar-refractivity contribution in [2.24, 2.45) is 5.92 Å². The number of allylic oxidation sites excluding steroid dienone is 2. The maximum atomic E-state index is 4.22. The molecule has 0 saturated heterocycles. The Labute approximate surface area is 94.6 Å². The van der Waals surface area contributed by atoms with Crippen LogP contribution in [-0.4, -0.2) is 15.0 Å². The average Bonchev–Trinajstić information content (AvgIpc) is 2.72. The molecule has 0 spiro atoms. The monoisotopic (exact) mass is 213 g/mol. The lowest BCUT2D eigenvalue weighted by molar-refractivity contribution is 0.593. The van der Waals surface area contributed by atoms with Crippen LogP contribution in [0.25, 0.3) is 16.6 Å². The second-order valence-electron chi connectivity index (χ2n) is 4.55. The smallest absolute Gasteiger partial charge is 0.141 e. The molecule has 3 heteroatoms. The third-order valence-electron chi connectivity index (χ3n) is 3.29. The fourth-order valence-electron chi connectivity index (χ4n) is 2.47. The van der Waals surface area contributed by atoms with Crippen LogP contribution in [0.5, 0.6) is 0 Å². The number of aromatic nitrogens is 3. The quantitative estimate of drug-likeness (QED) is 0.790. The van der Waals surface area contributed by atoms with Gasteiger partial charge in [-0.15, -0.1) is 0 Å². The Morgan fingerprint density at radius 3 is 3.25 bits per heavy atom. The molecule has 0 bridgehead atoms. The van der Waals surface area contributed by atoms with Gasteiger partial charge in [-0.25, -0.2) is 9.97 Å². The first-order valence-electron chi connectivity index (χ1n) is 5.83. The largest absolute Gasteiger partial charge is 0.345 e. The summed E-state index contributed by atoms with van der Waals surface area (Å²) in [5.41, 5.74) is 3.66. The number of nitrogens with zero attached hydrogens (tertiary/aromatic N) is 2. The van der Waals surface area contributed by atoms with Crippen molar-refractivity contribution in [3.8, 4) is 0 Å². The molecule has 0 radical (unpaired) electrons. The lowest BCUT2D eigenvalue weighted by atomic mass is 9.88. The number of fused-ring (bicyclic) bond motifs is 1. The van der Waals surface area contributed by atoms with Gasteiger partial charge >= 0.3 is 0 Å². The summed E-state index contributed by atoms with van der Waals surface area (Å²) in [5.74, 6) is 0.693. The zero-order chi connectivity index (χ0) is 11.0. The van der Waals surface area contributed by atoms with E-state index in [2.05, 4.69) is 34.1 Å². The highest BCUT2D eigenvalue weighted by atomic mass is 14.9. The molecule has 0 aliphatic heterocycles. The molecule has 1 aliphatic carbocycles. The molecular weight excluding hydrogens is 198 g/mol. The van der Waals surface area contributed by atoms with E-state index in [1.807, 2.05) is 6.20 Å². The third kappa shape index (κ3) is 1.52. The Morgan fingerprint density at radius 2 is 2.38 bits per heavy atom. The van der Waals surface area contributed by atoms with E-state index in [0.717, 1.165) is 11.0 Å². The van der Waals surface area contributed by atoms with Gasteiger partial charge in [0.25, 0.3) is 0 Å². The molecule has 16 heavy (non-hydrogen) atoms. The summed E-state index contributed by atoms with van der Waals surface area (Å²) < 4.78 is 0. The molecule has 1 aliphatic rings. The van der Waals surface area contributed by atoms with Gasteiger partial charge in [0.05, 0.1) is 0 Å². The predicted molar refractivity (Wildman–Crippen MR) is 64.9 cm³/mol. The molecule has 1 N–H and O–H groups in total. The van der Waals surface area contributed by atoms with Crippen molar-refractivity contribution in [2.75, 3.05) is 0 Å². The molecular formula is C13H15N3. The Balaban J connectivity index is 2.12. The molecule has 0 amide bonds. The summed E-state index contributed by atoms with van der Waals surface area (Å²) in [6, 6.07) is 0. The molecule has 2 aromatic heterocycles. The summed E-state index contributed by atoms with van der Waals surface area (Å²) in [6.45, 7) is 2.28. The van der Waals surface area contributed by atoms with Crippen LogP contribution >= 0.6 is 0 Å². The molecule has 0 aromatic carbocycles. The van der Waals surface area contributed by atoms with Gasteiger partial charge in [0.1, 0.15) is 12.0 Å². The zero-order valence-electron chi connectivity index (χ0n) is 9.40. The van der Waals surface area contributed by atoms with Crippen LogP contribution in [0.1, 0.15) is 31.7 Å². The van der Waals surface area contributed by atoms with Crippen LogP contribution in [0.15, 0.2) is 24.8 Å². The van der Waals surface area contributed by atoms with E-state index in [0.29, 0.717) is 5.92 Å².